The van der Waals surface area contributed by atoms with Crippen molar-refractivity contribution in [2.75, 3.05) is 5.32 Å². The maximum absolute atomic E-state index is 6.13. The van der Waals surface area contributed by atoms with Crippen molar-refractivity contribution in [3.8, 4) is 0 Å². The zero-order chi connectivity index (χ0) is 13.7. The fourth-order valence-electron chi connectivity index (χ4n) is 1.63. The highest BCUT2D eigenvalue weighted by atomic mass is 35.5. The number of guanidine groups is 1. The molecule has 0 saturated heterocycles. The molecule has 0 atom stereocenters. The lowest BCUT2D eigenvalue weighted by Gasteiger charge is -2.10. The van der Waals surface area contributed by atoms with E-state index in [1.165, 1.54) is 0 Å². The van der Waals surface area contributed by atoms with Crippen LogP contribution >= 0.6 is 11.6 Å². The number of aryl methyl sites for hydroxylation is 1. The van der Waals surface area contributed by atoms with E-state index in [9.17, 15) is 0 Å². The Morgan fingerprint density at radius 2 is 1.84 bits per heavy atom. The van der Waals surface area contributed by atoms with Crippen molar-refractivity contribution in [2.24, 2.45) is 10.8 Å². The molecular formula is C14H15ClN4. The number of hydrogen-bond donors (Lipinski definition) is 3. The van der Waals surface area contributed by atoms with Crippen LogP contribution in [0.2, 0.25) is 5.02 Å². The molecule has 0 saturated carbocycles. The van der Waals surface area contributed by atoms with Gasteiger partial charge in [0.2, 0.25) is 5.96 Å². The van der Waals surface area contributed by atoms with E-state index in [2.05, 4.69) is 15.7 Å². The summed E-state index contributed by atoms with van der Waals surface area (Å²) in [6.07, 6.45) is 0. The number of para-hydroxylation sites is 2. The molecule has 0 aromatic heterocycles. The first-order valence-corrected chi connectivity index (χ1v) is 6.21. The van der Waals surface area contributed by atoms with Gasteiger partial charge in [-0.3, -0.25) is 5.43 Å². The lowest BCUT2D eigenvalue weighted by atomic mass is 10.2. The molecule has 0 fully saturated rings. The van der Waals surface area contributed by atoms with E-state index in [1.54, 1.807) is 6.07 Å². The van der Waals surface area contributed by atoms with Gasteiger partial charge < -0.3 is 5.32 Å². The second kappa shape index (κ2) is 6.22. The summed E-state index contributed by atoms with van der Waals surface area (Å²) in [6.45, 7) is 1.95. The Hall–Kier alpha value is -2.04. The molecule has 2 rings (SSSR count). The van der Waals surface area contributed by atoms with E-state index in [1.807, 2.05) is 49.4 Å². The molecule has 2 aromatic carbocycles. The quantitative estimate of drug-likeness (QED) is 0.341. The lowest BCUT2D eigenvalue weighted by molar-refractivity contribution is 1.02. The molecular weight excluding hydrogens is 260 g/mol. The summed E-state index contributed by atoms with van der Waals surface area (Å²) < 4.78 is 0. The highest BCUT2D eigenvalue weighted by Gasteiger charge is 2.04. The number of halogens is 1. The fourth-order valence-corrected chi connectivity index (χ4v) is 1.90. The molecule has 0 unspecified atom stereocenters. The monoisotopic (exact) mass is 274 g/mol. The van der Waals surface area contributed by atoms with Crippen LogP contribution in [0.4, 0.5) is 11.4 Å². The Bertz CT molecular complexity index is 561. The minimum atomic E-state index is 0.433. The van der Waals surface area contributed by atoms with Gasteiger partial charge >= 0.3 is 0 Å². The standard InChI is InChI=1S/C14H15ClN4/c1-10-6-5-9-12(15)13(10)18-14(19-16)17-11-7-3-2-4-8-11/h2-9H,16H2,1H3,(H2,17,18,19). The summed E-state index contributed by atoms with van der Waals surface area (Å²) in [5.41, 5.74) is 5.10. The van der Waals surface area contributed by atoms with E-state index < -0.39 is 0 Å². The largest absolute Gasteiger partial charge is 0.325 e. The summed E-state index contributed by atoms with van der Waals surface area (Å²) in [5, 5.41) is 3.67. The summed E-state index contributed by atoms with van der Waals surface area (Å²) in [6, 6.07) is 15.3. The van der Waals surface area contributed by atoms with Crippen molar-refractivity contribution < 1.29 is 0 Å². The topological polar surface area (TPSA) is 62.4 Å². The minimum absolute atomic E-state index is 0.433. The number of nitrogens with zero attached hydrogens (tertiary/aromatic N) is 1. The summed E-state index contributed by atoms with van der Waals surface area (Å²) >= 11 is 6.13. The second-order valence-corrected chi connectivity index (χ2v) is 4.41. The highest BCUT2D eigenvalue weighted by molar-refractivity contribution is 6.33. The average Bonchev–Trinajstić information content (AvgIpc) is 2.43. The molecule has 0 aliphatic rings. The Labute approximate surface area is 117 Å². The van der Waals surface area contributed by atoms with Gasteiger partial charge in [-0.15, -0.1) is 0 Å². The smallest absolute Gasteiger partial charge is 0.215 e. The SMILES string of the molecule is Cc1cccc(Cl)c1N=C(NN)Nc1ccccc1. The molecule has 4 nitrogen and oxygen atoms in total. The molecule has 0 bridgehead atoms. The van der Waals surface area contributed by atoms with Crippen LogP contribution in [-0.4, -0.2) is 5.96 Å². The number of nitrogens with two attached hydrogens (primary N) is 1. The molecule has 5 heteroatoms. The molecule has 98 valence electrons. The lowest BCUT2D eigenvalue weighted by Crippen LogP contribution is -2.36. The zero-order valence-corrected chi connectivity index (χ0v) is 11.3. The van der Waals surface area contributed by atoms with E-state index in [0.717, 1.165) is 11.3 Å². The van der Waals surface area contributed by atoms with E-state index >= 15 is 0 Å². The number of hydrogen-bond acceptors (Lipinski definition) is 2. The van der Waals surface area contributed by atoms with Gasteiger partial charge in [-0.1, -0.05) is 41.9 Å². The molecule has 19 heavy (non-hydrogen) atoms. The van der Waals surface area contributed by atoms with Crippen LogP contribution < -0.4 is 16.6 Å². The first-order valence-electron chi connectivity index (χ1n) is 5.83. The normalized spacial score (nSPS) is 11.2. The number of rotatable bonds is 2. The van der Waals surface area contributed by atoms with Gasteiger partial charge in [0.05, 0.1) is 10.7 Å². The average molecular weight is 275 g/mol. The number of hydrazine groups is 1. The van der Waals surface area contributed by atoms with Gasteiger partial charge in [0.1, 0.15) is 0 Å². The van der Waals surface area contributed by atoms with Crippen molar-refractivity contribution in [1.82, 2.24) is 5.43 Å². The van der Waals surface area contributed by atoms with Crippen LogP contribution in [0.3, 0.4) is 0 Å². The molecule has 4 N–H and O–H groups in total. The first kappa shape index (κ1) is 13.4. The molecule has 0 aliphatic carbocycles. The Morgan fingerprint density at radius 1 is 1.11 bits per heavy atom. The van der Waals surface area contributed by atoms with Gasteiger partial charge in [-0.2, -0.15) is 0 Å². The zero-order valence-electron chi connectivity index (χ0n) is 10.5. The van der Waals surface area contributed by atoms with Gasteiger partial charge in [-0.05, 0) is 30.7 Å². The fraction of sp³-hybridized carbons (Fsp3) is 0.0714. The third-order valence-corrected chi connectivity index (χ3v) is 2.89. The maximum atomic E-state index is 6.13. The predicted octanol–water partition coefficient (Wildman–Crippen LogP) is 3.21. The summed E-state index contributed by atoms with van der Waals surface area (Å²) in [4.78, 5) is 4.41. The third-order valence-electron chi connectivity index (χ3n) is 2.59. The molecule has 0 aliphatic heterocycles. The van der Waals surface area contributed by atoms with Crippen molar-refractivity contribution in [3.05, 3.63) is 59.1 Å². The van der Waals surface area contributed by atoms with Crippen LogP contribution in [0.15, 0.2) is 53.5 Å². The molecule has 0 radical (unpaired) electrons. The van der Waals surface area contributed by atoms with Gasteiger partial charge in [0, 0.05) is 5.69 Å². The van der Waals surface area contributed by atoms with Gasteiger partial charge in [0.15, 0.2) is 0 Å². The Kier molecular flexibility index (Phi) is 4.39. The number of nitrogens with one attached hydrogen (secondary N) is 2. The molecule has 0 spiro atoms. The summed E-state index contributed by atoms with van der Waals surface area (Å²) in [7, 11) is 0. The van der Waals surface area contributed by atoms with Crippen LogP contribution in [0.25, 0.3) is 0 Å². The van der Waals surface area contributed by atoms with Gasteiger partial charge in [-0.25, -0.2) is 10.8 Å². The second-order valence-electron chi connectivity index (χ2n) is 4.00. The van der Waals surface area contributed by atoms with Crippen LogP contribution in [-0.2, 0) is 0 Å². The molecule has 0 heterocycles. The van der Waals surface area contributed by atoms with Crippen LogP contribution in [0.1, 0.15) is 5.56 Å². The van der Waals surface area contributed by atoms with E-state index in [-0.39, 0.29) is 0 Å². The van der Waals surface area contributed by atoms with E-state index in [4.69, 9.17) is 17.4 Å². The van der Waals surface area contributed by atoms with Crippen molar-refractivity contribution in [3.63, 3.8) is 0 Å². The molecule has 2 aromatic rings. The third kappa shape index (κ3) is 3.47. The van der Waals surface area contributed by atoms with Crippen molar-refractivity contribution in [2.45, 2.75) is 6.92 Å². The summed E-state index contributed by atoms with van der Waals surface area (Å²) in [5.74, 6) is 5.92. The number of anilines is 1. The Balaban J connectivity index is 2.29. The highest BCUT2D eigenvalue weighted by Crippen LogP contribution is 2.28. The first-order chi connectivity index (χ1) is 9.20. The van der Waals surface area contributed by atoms with Crippen LogP contribution in [0, 0.1) is 6.92 Å². The van der Waals surface area contributed by atoms with Crippen molar-refractivity contribution in [1.29, 1.82) is 0 Å². The predicted molar refractivity (Wildman–Crippen MR) is 80.7 cm³/mol. The minimum Gasteiger partial charge on any atom is -0.325 e. The Morgan fingerprint density at radius 3 is 2.47 bits per heavy atom. The van der Waals surface area contributed by atoms with E-state index in [0.29, 0.717) is 16.7 Å². The van der Waals surface area contributed by atoms with Crippen LogP contribution in [0.5, 0.6) is 0 Å². The number of benzene rings is 2. The maximum Gasteiger partial charge on any atom is 0.215 e. The number of aliphatic imine (C=N–C) groups is 1. The molecule has 0 amide bonds. The van der Waals surface area contributed by atoms with Gasteiger partial charge in [0.25, 0.3) is 0 Å². The van der Waals surface area contributed by atoms with Crippen molar-refractivity contribution >= 4 is 28.9 Å².